The molecular formula is C11H15NO. The summed E-state index contributed by atoms with van der Waals surface area (Å²) in [4.78, 5) is 10.6. The SMILES string of the molecule is CC(=O)NCCC1=CC2CC2C=C1. The summed E-state index contributed by atoms with van der Waals surface area (Å²) in [5.74, 6) is 1.71. The lowest BCUT2D eigenvalue weighted by atomic mass is 10.0. The van der Waals surface area contributed by atoms with Crippen LogP contribution >= 0.6 is 0 Å². The molecule has 1 amide bonds. The molecule has 0 aromatic carbocycles. The first-order valence-corrected chi connectivity index (χ1v) is 4.89. The summed E-state index contributed by atoms with van der Waals surface area (Å²) in [6, 6.07) is 0. The molecule has 2 aliphatic carbocycles. The Morgan fingerprint density at radius 2 is 2.46 bits per heavy atom. The lowest BCUT2D eigenvalue weighted by molar-refractivity contribution is -0.118. The summed E-state index contributed by atoms with van der Waals surface area (Å²) in [5.41, 5.74) is 1.38. The Balaban J connectivity index is 1.76. The van der Waals surface area contributed by atoms with Gasteiger partial charge >= 0.3 is 0 Å². The van der Waals surface area contributed by atoms with Crippen LogP contribution in [0, 0.1) is 11.8 Å². The van der Waals surface area contributed by atoms with Gasteiger partial charge in [-0.1, -0.05) is 23.8 Å². The van der Waals surface area contributed by atoms with Gasteiger partial charge < -0.3 is 5.32 Å². The van der Waals surface area contributed by atoms with Crippen LogP contribution in [0.2, 0.25) is 0 Å². The van der Waals surface area contributed by atoms with Crippen molar-refractivity contribution >= 4 is 5.91 Å². The van der Waals surface area contributed by atoms with E-state index >= 15 is 0 Å². The van der Waals surface area contributed by atoms with Gasteiger partial charge in [0, 0.05) is 13.5 Å². The number of fused-ring (bicyclic) bond motifs is 1. The van der Waals surface area contributed by atoms with Crippen LogP contribution in [0.25, 0.3) is 0 Å². The van der Waals surface area contributed by atoms with Crippen molar-refractivity contribution in [2.45, 2.75) is 19.8 Å². The third-order valence-corrected chi connectivity index (χ3v) is 2.66. The Morgan fingerprint density at radius 3 is 3.15 bits per heavy atom. The van der Waals surface area contributed by atoms with Gasteiger partial charge in [-0.25, -0.2) is 0 Å². The van der Waals surface area contributed by atoms with E-state index in [9.17, 15) is 4.79 Å². The molecule has 0 saturated heterocycles. The largest absolute Gasteiger partial charge is 0.356 e. The summed E-state index contributed by atoms with van der Waals surface area (Å²) in [5, 5.41) is 2.81. The van der Waals surface area contributed by atoms with Gasteiger partial charge in [0.25, 0.3) is 0 Å². The summed E-state index contributed by atoms with van der Waals surface area (Å²) >= 11 is 0. The minimum Gasteiger partial charge on any atom is -0.356 e. The van der Waals surface area contributed by atoms with Gasteiger partial charge in [0.2, 0.25) is 5.91 Å². The van der Waals surface area contributed by atoms with E-state index in [0.29, 0.717) is 0 Å². The van der Waals surface area contributed by atoms with Crippen molar-refractivity contribution in [2.24, 2.45) is 11.8 Å². The average molecular weight is 177 g/mol. The van der Waals surface area contributed by atoms with Crippen molar-refractivity contribution < 1.29 is 4.79 Å². The predicted octanol–water partition coefficient (Wildman–Crippen LogP) is 1.64. The lowest BCUT2D eigenvalue weighted by Crippen LogP contribution is -2.21. The molecule has 2 aliphatic rings. The second kappa shape index (κ2) is 3.36. The summed E-state index contributed by atoms with van der Waals surface area (Å²) in [6.45, 7) is 2.32. The summed E-state index contributed by atoms with van der Waals surface area (Å²) < 4.78 is 0. The van der Waals surface area contributed by atoms with E-state index < -0.39 is 0 Å². The van der Waals surface area contributed by atoms with Crippen molar-refractivity contribution in [1.29, 1.82) is 0 Å². The average Bonchev–Trinajstić information content (AvgIpc) is 2.81. The molecule has 2 unspecified atom stereocenters. The van der Waals surface area contributed by atoms with Crippen molar-refractivity contribution in [3.05, 3.63) is 23.8 Å². The second-order valence-corrected chi connectivity index (χ2v) is 3.90. The maximum atomic E-state index is 10.6. The molecule has 2 nitrogen and oxygen atoms in total. The Bertz CT molecular complexity index is 278. The van der Waals surface area contributed by atoms with Crippen molar-refractivity contribution in [3.63, 3.8) is 0 Å². The first-order valence-electron chi connectivity index (χ1n) is 4.89. The van der Waals surface area contributed by atoms with Crippen LogP contribution in [0.15, 0.2) is 23.8 Å². The zero-order valence-electron chi connectivity index (χ0n) is 7.92. The molecular weight excluding hydrogens is 162 g/mol. The van der Waals surface area contributed by atoms with Crippen LogP contribution in [0.4, 0.5) is 0 Å². The highest BCUT2D eigenvalue weighted by atomic mass is 16.1. The normalized spacial score (nSPS) is 29.2. The van der Waals surface area contributed by atoms with E-state index in [4.69, 9.17) is 0 Å². The van der Waals surface area contributed by atoms with Crippen molar-refractivity contribution in [3.8, 4) is 0 Å². The van der Waals surface area contributed by atoms with E-state index in [1.807, 2.05) is 0 Å². The Hall–Kier alpha value is -1.05. The van der Waals surface area contributed by atoms with Gasteiger partial charge in [0.15, 0.2) is 0 Å². The number of carbonyl (C=O) groups is 1. The first kappa shape index (κ1) is 8.54. The van der Waals surface area contributed by atoms with Crippen LogP contribution in [-0.4, -0.2) is 12.5 Å². The highest BCUT2D eigenvalue weighted by Crippen LogP contribution is 2.44. The maximum Gasteiger partial charge on any atom is 0.216 e. The Morgan fingerprint density at radius 1 is 1.62 bits per heavy atom. The van der Waals surface area contributed by atoms with Gasteiger partial charge in [0.05, 0.1) is 0 Å². The third kappa shape index (κ3) is 2.20. The molecule has 0 aromatic rings. The van der Waals surface area contributed by atoms with E-state index in [-0.39, 0.29) is 5.91 Å². The van der Waals surface area contributed by atoms with E-state index in [1.54, 1.807) is 6.92 Å². The smallest absolute Gasteiger partial charge is 0.216 e. The van der Waals surface area contributed by atoms with Gasteiger partial charge in [0.1, 0.15) is 0 Å². The van der Waals surface area contributed by atoms with E-state index in [2.05, 4.69) is 23.5 Å². The number of hydrogen-bond donors (Lipinski definition) is 1. The van der Waals surface area contributed by atoms with Gasteiger partial charge in [-0.05, 0) is 24.7 Å². The molecule has 0 aliphatic heterocycles. The van der Waals surface area contributed by atoms with Crippen LogP contribution in [0.1, 0.15) is 19.8 Å². The maximum absolute atomic E-state index is 10.6. The number of carbonyl (C=O) groups excluding carboxylic acids is 1. The Kier molecular flexibility index (Phi) is 2.21. The zero-order valence-corrected chi connectivity index (χ0v) is 7.92. The molecule has 1 saturated carbocycles. The summed E-state index contributed by atoms with van der Waals surface area (Å²) in [7, 11) is 0. The molecule has 0 aromatic heterocycles. The first-order chi connectivity index (χ1) is 6.25. The molecule has 2 atom stereocenters. The number of amides is 1. The van der Waals surface area contributed by atoms with E-state index in [1.165, 1.54) is 12.0 Å². The number of allylic oxidation sites excluding steroid dienone is 3. The summed E-state index contributed by atoms with van der Waals surface area (Å²) in [6.07, 6.45) is 9.16. The molecule has 70 valence electrons. The van der Waals surface area contributed by atoms with Crippen molar-refractivity contribution in [2.75, 3.05) is 6.54 Å². The molecule has 0 spiro atoms. The fraction of sp³-hybridized carbons (Fsp3) is 0.545. The fourth-order valence-corrected chi connectivity index (χ4v) is 1.78. The lowest BCUT2D eigenvalue weighted by Gasteiger charge is -2.06. The highest BCUT2D eigenvalue weighted by Gasteiger charge is 2.34. The minimum absolute atomic E-state index is 0.0599. The topological polar surface area (TPSA) is 29.1 Å². The molecule has 2 rings (SSSR count). The van der Waals surface area contributed by atoms with Crippen LogP contribution in [-0.2, 0) is 4.79 Å². The highest BCUT2D eigenvalue weighted by molar-refractivity contribution is 5.72. The molecule has 2 heteroatoms. The van der Waals surface area contributed by atoms with E-state index in [0.717, 1.165) is 24.8 Å². The third-order valence-electron chi connectivity index (χ3n) is 2.66. The molecule has 13 heavy (non-hydrogen) atoms. The monoisotopic (exact) mass is 177 g/mol. The van der Waals surface area contributed by atoms with Crippen molar-refractivity contribution in [1.82, 2.24) is 5.32 Å². The fourth-order valence-electron chi connectivity index (χ4n) is 1.78. The number of nitrogens with one attached hydrogen (secondary N) is 1. The molecule has 1 fully saturated rings. The standard InChI is InChI=1S/C11H15NO/c1-8(13)12-5-4-9-2-3-10-7-11(10)6-9/h2-3,6,10-11H,4-5,7H2,1H3,(H,12,13). The van der Waals surface area contributed by atoms with Gasteiger partial charge in [-0.3, -0.25) is 4.79 Å². The zero-order chi connectivity index (χ0) is 9.26. The molecule has 1 N–H and O–H groups in total. The van der Waals surface area contributed by atoms with Crippen LogP contribution < -0.4 is 5.32 Å². The van der Waals surface area contributed by atoms with Crippen LogP contribution in [0.5, 0.6) is 0 Å². The molecule has 0 radical (unpaired) electrons. The number of rotatable bonds is 3. The number of hydrogen-bond acceptors (Lipinski definition) is 1. The van der Waals surface area contributed by atoms with Gasteiger partial charge in [-0.2, -0.15) is 0 Å². The van der Waals surface area contributed by atoms with Gasteiger partial charge in [-0.15, -0.1) is 0 Å². The molecule has 0 heterocycles. The molecule has 0 bridgehead atoms. The minimum atomic E-state index is 0.0599. The Labute approximate surface area is 78.7 Å². The predicted molar refractivity (Wildman–Crippen MR) is 52.1 cm³/mol. The van der Waals surface area contributed by atoms with Crippen LogP contribution in [0.3, 0.4) is 0 Å². The second-order valence-electron chi connectivity index (χ2n) is 3.90. The quantitative estimate of drug-likeness (QED) is 0.697.